The summed E-state index contributed by atoms with van der Waals surface area (Å²) in [5.74, 6) is 1.91. The zero-order chi connectivity index (χ0) is 23.6. The summed E-state index contributed by atoms with van der Waals surface area (Å²) in [7, 11) is 0. The lowest BCUT2D eigenvalue weighted by atomic mass is 10.1. The Bertz CT molecular complexity index is 1050. The number of aryl methyl sites for hydroxylation is 1. The van der Waals surface area contributed by atoms with Gasteiger partial charge in [-0.2, -0.15) is 0 Å². The number of benzene rings is 2. The first kappa shape index (κ1) is 24.3. The summed E-state index contributed by atoms with van der Waals surface area (Å²) in [5.41, 5.74) is 2.65. The Balaban J connectivity index is 1.64. The van der Waals surface area contributed by atoms with E-state index in [1.165, 1.54) is 0 Å². The molecule has 1 aromatic heterocycles. The van der Waals surface area contributed by atoms with Crippen molar-refractivity contribution >= 4 is 11.6 Å². The molecule has 1 atom stereocenters. The van der Waals surface area contributed by atoms with E-state index in [-0.39, 0.29) is 12.0 Å². The normalized spacial score (nSPS) is 11.6. The van der Waals surface area contributed by atoms with Crippen molar-refractivity contribution in [2.24, 2.45) is 0 Å². The van der Waals surface area contributed by atoms with Gasteiger partial charge in [-0.05, 0) is 75.2 Å². The van der Waals surface area contributed by atoms with Crippen LogP contribution >= 0.6 is 0 Å². The molecule has 0 bridgehead atoms. The van der Waals surface area contributed by atoms with Crippen LogP contribution in [0.25, 0.3) is 0 Å². The summed E-state index contributed by atoms with van der Waals surface area (Å²) in [6, 6.07) is 18.4. The zero-order valence-electron chi connectivity index (χ0n) is 19.8. The lowest BCUT2D eigenvalue weighted by molar-refractivity contribution is 0.0632. The second-order valence-corrected chi connectivity index (χ2v) is 7.79. The molecule has 174 valence electrons. The van der Waals surface area contributed by atoms with Crippen molar-refractivity contribution in [2.75, 3.05) is 18.5 Å². The van der Waals surface area contributed by atoms with Gasteiger partial charge in [0.1, 0.15) is 17.2 Å². The SMILES string of the molecule is CCCOc1ccc(Oc2cccc(NC(=O)c3ccc(C(C)OCCC)nc3C)c2)cc1. The molecule has 1 N–H and O–H groups in total. The van der Waals surface area contributed by atoms with Gasteiger partial charge in [-0.15, -0.1) is 0 Å². The van der Waals surface area contributed by atoms with Gasteiger partial charge in [0, 0.05) is 18.4 Å². The number of aromatic nitrogens is 1. The molecular weight excluding hydrogens is 416 g/mol. The van der Waals surface area contributed by atoms with Gasteiger partial charge in [0.2, 0.25) is 0 Å². The van der Waals surface area contributed by atoms with E-state index in [1.54, 1.807) is 12.1 Å². The first-order valence-corrected chi connectivity index (χ1v) is 11.4. The number of anilines is 1. The van der Waals surface area contributed by atoms with Gasteiger partial charge in [-0.25, -0.2) is 0 Å². The number of amides is 1. The van der Waals surface area contributed by atoms with Crippen LogP contribution in [-0.2, 0) is 4.74 Å². The van der Waals surface area contributed by atoms with Crippen LogP contribution in [0, 0.1) is 6.92 Å². The molecule has 1 unspecified atom stereocenters. The lowest BCUT2D eigenvalue weighted by Crippen LogP contribution is -2.15. The maximum Gasteiger partial charge on any atom is 0.257 e. The molecule has 1 heterocycles. The molecule has 6 heteroatoms. The van der Waals surface area contributed by atoms with E-state index >= 15 is 0 Å². The number of rotatable bonds is 11. The van der Waals surface area contributed by atoms with Crippen LogP contribution in [0.2, 0.25) is 0 Å². The van der Waals surface area contributed by atoms with Gasteiger partial charge in [-0.3, -0.25) is 9.78 Å². The third kappa shape index (κ3) is 7.05. The Morgan fingerprint density at radius 1 is 0.939 bits per heavy atom. The van der Waals surface area contributed by atoms with Crippen LogP contribution in [0.1, 0.15) is 61.5 Å². The fourth-order valence-corrected chi connectivity index (χ4v) is 3.22. The highest BCUT2D eigenvalue weighted by atomic mass is 16.5. The standard InChI is InChI=1S/C27H32N2O4/c1-5-16-31-20(4)26-15-14-25(19(3)28-26)27(30)29-21-8-7-9-24(18-21)33-23-12-10-22(11-13-23)32-17-6-2/h7-15,18,20H,5-6,16-17H2,1-4H3,(H,29,30). The van der Waals surface area contributed by atoms with E-state index in [4.69, 9.17) is 14.2 Å². The molecule has 0 spiro atoms. The Hall–Kier alpha value is -3.38. The molecule has 3 rings (SSSR count). The van der Waals surface area contributed by atoms with Crippen molar-refractivity contribution in [3.63, 3.8) is 0 Å². The number of carbonyl (C=O) groups excluding carboxylic acids is 1. The molecule has 0 aliphatic rings. The molecule has 0 aliphatic carbocycles. The molecule has 0 saturated heterocycles. The van der Waals surface area contributed by atoms with Gasteiger partial charge in [-0.1, -0.05) is 19.9 Å². The summed E-state index contributed by atoms with van der Waals surface area (Å²) in [6.07, 6.45) is 1.80. The summed E-state index contributed by atoms with van der Waals surface area (Å²) in [5, 5.41) is 2.93. The van der Waals surface area contributed by atoms with Crippen molar-refractivity contribution in [3.8, 4) is 17.2 Å². The minimum absolute atomic E-state index is 0.109. The van der Waals surface area contributed by atoms with Crippen LogP contribution in [0.3, 0.4) is 0 Å². The molecule has 0 fully saturated rings. The number of pyridine rings is 1. The van der Waals surface area contributed by atoms with E-state index in [0.717, 1.165) is 24.3 Å². The average Bonchev–Trinajstić information content (AvgIpc) is 2.82. The first-order valence-electron chi connectivity index (χ1n) is 11.4. The van der Waals surface area contributed by atoms with Crippen molar-refractivity contribution in [1.82, 2.24) is 4.98 Å². The highest BCUT2D eigenvalue weighted by molar-refractivity contribution is 6.05. The van der Waals surface area contributed by atoms with Gasteiger partial charge < -0.3 is 19.5 Å². The van der Waals surface area contributed by atoms with Crippen LogP contribution in [0.4, 0.5) is 5.69 Å². The minimum atomic E-state index is -0.219. The molecule has 0 radical (unpaired) electrons. The number of nitrogens with one attached hydrogen (secondary N) is 1. The lowest BCUT2D eigenvalue weighted by Gasteiger charge is -2.14. The molecule has 2 aromatic carbocycles. The van der Waals surface area contributed by atoms with Crippen molar-refractivity contribution in [3.05, 3.63) is 77.6 Å². The Labute approximate surface area is 195 Å². The van der Waals surface area contributed by atoms with E-state index in [9.17, 15) is 4.79 Å². The maximum atomic E-state index is 12.8. The number of nitrogens with zero attached hydrogens (tertiary/aromatic N) is 1. The maximum absolute atomic E-state index is 12.8. The van der Waals surface area contributed by atoms with Crippen LogP contribution in [-0.4, -0.2) is 24.1 Å². The molecule has 3 aromatic rings. The summed E-state index contributed by atoms with van der Waals surface area (Å²) in [4.78, 5) is 17.4. The predicted molar refractivity (Wildman–Crippen MR) is 130 cm³/mol. The third-order valence-corrected chi connectivity index (χ3v) is 4.96. The van der Waals surface area contributed by atoms with Crippen molar-refractivity contribution in [2.45, 2.75) is 46.6 Å². The highest BCUT2D eigenvalue weighted by Gasteiger charge is 2.14. The Morgan fingerprint density at radius 3 is 2.36 bits per heavy atom. The van der Waals surface area contributed by atoms with Crippen LogP contribution in [0.15, 0.2) is 60.7 Å². The Kier molecular flexibility index (Phi) is 8.84. The second-order valence-electron chi connectivity index (χ2n) is 7.79. The minimum Gasteiger partial charge on any atom is -0.494 e. The van der Waals surface area contributed by atoms with Gasteiger partial charge >= 0.3 is 0 Å². The molecule has 1 amide bonds. The second kappa shape index (κ2) is 12.0. The number of hydrogen-bond acceptors (Lipinski definition) is 5. The summed E-state index contributed by atoms with van der Waals surface area (Å²) >= 11 is 0. The van der Waals surface area contributed by atoms with Crippen LogP contribution in [0.5, 0.6) is 17.2 Å². The molecule has 0 saturated carbocycles. The van der Waals surface area contributed by atoms with Gasteiger partial charge in [0.15, 0.2) is 0 Å². The predicted octanol–water partition coefficient (Wildman–Crippen LogP) is 6.71. The quantitative estimate of drug-likeness (QED) is 0.353. The molecular formula is C27H32N2O4. The molecule has 33 heavy (non-hydrogen) atoms. The number of carbonyl (C=O) groups is 1. The summed E-state index contributed by atoms with van der Waals surface area (Å²) < 4.78 is 17.3. The third-order valence-electron chi connectivity index (χ3n) is 4.96. The topological polar surface area (TPSA) is 69.7 Å². The largest absolute Gasteiger partial charge is 0.494 e. The van der Waals surface area contributed by atoms with Crippen LogP contribution < -0.4 is 14.8 Å². The fourth-order valence-electron chi connectivity index (χ4n) is 3.22. The first-order chi connectivity index (χ1) is 16.0. The van der Waals surface area contributed by atoms with Crippen molar-refractivity contribution < 1.29 is 19.0 Å². The van der Waals surface area contributed by atoms with E-state index in [2.05, 4.69) is 24.1 Å². The van der Waals surface area contributed by atoms with Gasteiger partial charge in [0.05, 0.1) is 29.7 Å². The van der Waals surface area contributed by atoms with Gasteiger partial charge in [0.25, 0.3) is 5.91 Å². The molecule has 6 nitrogen and oxygen atoms in total. The molecule has 0 aliphatic heterocycles. The Morgan fingerprint density at radius 2 is 1.67 bits per heavy atom. The monoisotopic (exact) mass is 448 g/mol. The fraction of sp³-hybridized carbons (Fsp3) is 0.333. The van der Waals surface area contributed by atoms with E-state index < -0.39 is 0 Å². The van der Waals surface area contributed by atoms with Crippen molar-refractivity contribution in [1.29, 1.82) is 0 Å². The van der Waals surface area contributed by atoms with E-state index in [0.29, 0.717) is 41.7 Å². The number of ether oxygens (including phenoxy) is 3. The average molecular weight is 449 g/mol. The smallest absolute Gasteiger partial charge is 0.257 e. The van der Waals surface area contributed by atoms with E-state index in [1.807, 2.05) is 62.4 Å². The highest BCUT2D eigenvalue weighted by Crippen LogP contribution is 2.26. The summed E-state index contributed by atoms with van der Waals surface area (Å²) in [6.45, 7) is 9.30. The number of hydrogen-bond donors (Lipinski definition) is 1. The zero-order valence-corrected chi connectivity index (χ0v) is 19.8.